The molecule has 0 spiro atoms. The van der Waals surface area contributed by atoms with Gasteiger partial charge in [-0.1, -0.05) is 35.9 Å². The zero-order chi connectivity index (χ0) is 26.0. The normalized spacial score (nSPS) is 46.9. The summed E-state index contributed by atoms with van der Waals surface area (Å²) in [6.07, 6.45) is 3.11. The van der Waals surface area contributed by atoms with Crippen LogP contribution in [0.1, 0.15) is 65.7 Å². The average molecular weight is 557 g/mol. The van der Waals surface area contributed by atoms with E-state index in [-0.39, 0.29) is 42.9 Å². The van der Waals surface area contributed by atoms with Gasteiger partial charge in [0.05, 0.1) is 22.9 Å². The van der Waals surface area contributed by atoms with Gasteiger partial charge in [0.1, 0.15) is 6.17 Å². The lowest BCUT2D eigenvalue weighted by molar-refractivity contribution is -0.217. The Labute approximate surface area is 213 Å². The van der Waals surface area contributed by atoms with E-state index in [4.69, 9.17) is 5.11 Å². The van der Waals surface area contributed by atoms with Crippen molar-refractivity contribution in [2.45, 2.75) is 89.3 Å². The first-order valence-electron chi connectivity index (χ1n) is 12.4. The molecule has 0 radical (unpaired) electrons. The second-order valence-corrected chi connectivity index (χ2v) is 12.4. The van der Waals surface area contributed by atoms with E-state index in [9.17, 15) is 20.1 Å². The summed E-state index contributed by atoms with van der Waals surface area (Å²) < 4.78 is 33.3. The molecule has 5 nitrogen and oxygen atoms in total. The van der Waals surface area contributed by atoms with Crippen LogP contribution >= 0.6 is 15.9 Å². The number of aliphatic hydroxyl groups excluding tert-OH is 2. The Balaban J connectivity index is 1.69. The fourth-order valence-corrected chi connectivity index (χ4v) is 8.31. The van der Waals surface area contributed by atoms with Gasteiger partial charge in [-0.3, -0.25) is 4.79 Å². The van der Waals surface area contributed by atoms with Crippen molar-refractivity contribution in [3.63, 3.8) is 0 Å². The largest absolute Gasteiger partial charge is 0.513 e. The highest BCUT2D eigenvalue weighted by molar-refractivity contribution is 9.11. The molecule has 194 valence electrons. The summed E-state index contributed by atoms with van der Waals surface area (Å²) in [5.41, 5.74) is -2.90. The zero-order valence-corrected chi connectivity index (χ0v) is 22.0. The molecule has 4 aliphatic carbocycles. The van der Waals surface area contributed by atoms with Crippen LogP contribution in [0.2, 0.25) is 0 Å². The molecule has 0 aromatic heterocycles. The number of rotatable bonds is 6. The molecule has 0 aromatic carbocycles. The van der Waals surface area contributed by atoms with Crippen molar-refractivity contribution in [3.8, 4) is 0 Å². The number of carboxylic acids is 1. The van der Waals surface area contributed by atoms with E-state index in [1.54, 1.807) is 19.1 Å². The van der Waals surface area contributed by atoms with Crippen molar-refractivity contribution < 1.29 is 34.0 Å². The van der Waals surface area contributed by atoms with E-state index in [2.05, 4.69) is 21.7 Å². The van der Waals surface area contributed by atoms with Gasteiger partial charge < -0.3 is 20.4 Å². The summed E-state index contributed by atoms with van der Waals surface area (Å²) in [4.78, 5) is 10.7. The number of unbranched alkanes of at least 4 members (excludes halogenated alkanes) is 1. The first kappa shape index (κ1) is 26.6. The van der Waals surface area contributed by atoms with Crippen molar-refractivity contribution in [1.82, 2.24) is 0 Å². The standard InChI is InChI=1S/C27H35BrF2O5/c1-15-10-19-20-11-21(29)18-9-8-16(28)12-25(18,3)27(20,30)22(32)14-24(19,2)26(15,35)13-17(31)6-4-5-7-23(33)34/h8,12-13,15,19-22,31-32,35H,4-7,10-11,14H2,1-3H3,(H,33,34)/t15?,19-,20-,21?,22?,24-,25-,26+,27-/m0/s1. The van der Waals surface area contributed by atoms with Crippen LogP contribution in [0.15, 0.2) is 39.8 Å². The van der Waals surface area contributed by atoms with Crippen LogP contribution in [0.3, 0.4) is 0 Å². The number of aliphatic carboxylic acids is 1. The number of hydrogen-bond donors (Lipinski definition) is 4. The molecular formula is C27H35BrF2O5. The van der Waals surface area contributed by atoms with Gasteiger partial charge in [0.25, 0.3) is 0 Å². The maximum absolute atomic E-state index is 17.2. The van der Waals surface area contributed by atoms with Crippen LogP contribution in [0.4, 0.5) is 8.78 Å². The third-order valence-electron chi connectivity index (χ3n) is 9.60. The highest BCUT2D eigenvalue weighted by Gasteiger charge is 2.75. The first-order chi connectivity index (χ1) is 16.2. The molecule has 0 aliphatic heterocycles. The van der Waals surface area contributed by atoms with E-state index in [1.807, 2.05) is 13.8 Å². The molecule has 0 saturated heterocycles. The van der Waals surface area contributed by atoms with Gasteiger partial charge in [0, 0.05) is 34.2 Å². The third-order valence-corrected chi connectivity index (χ3v) is 10.1. The Morgan fingerprint density at radius 1 is 1.23 bits per heavy atom. The highest BCUT2D eigenvalue weighted by atomic mass is 79.9. The number of allylic oxidation sites excluding steroid dienone is 4. The van der Waals surface area contributed by atoms with Gasteiger partial charge >= 0.3 is 5.97 Å². The van der Waals surface area contributed by atoms with Crippen molar-refractivity contribution >= 4 is 21.9 Å². The van der Waals surface area contributed by atoms with Crippen molar-refractivity contribution in [2.75, 3.05) is 0 Å². The van der Waals surface area contributed by atoms with Crippen LogP contribution < -0.4 is 0 Å². The molecule has 3 saturated carbocycles. The lowest BCUT2D eigenvalue weighted by atomic mass is 9.44. The van der Waals surface area contributed by atoms with Gasteiger partial charge in [-0.2, -0.15) is 0 Å². The number of fused-ring (bicyclic) bond motifs is 5. The molecule has 0 amide bonds. The monoisotopic (exact) mass is 556 g/mol. The van der Waals surface area contributed by atoms with Crippen LogP contribution in [0.25, 0.3) is 0 Å². The molecule has 0 aromatic rings. The molecule has 3 unspecified atom stereocenters. The average Bonchev–Trinajstić information content (AvgIpc) is 2.93. The number of halogens is 3. The predicted octanol–water partition coefficient (Wildman–Crippen LogP) is 5.68. The minimum absolute atomic E-state index is 0.000452. The molecule has 0 heterocycles. The fraction of sp³-hybridized carbons (Fsp3) is 0.704. The first-order valence-corrected chi connectivity index (χ1v) is 13.2. The number of carbonyl (C=O) groups is 1. The number of alkyl halides is 2. The van der Waals surface area contributed by atoms with Crippen LogP contribution in [0.5, 0.6) is 0 Å². The second kappa shape index (κ2) is 8.83. The van der Waals surface area contributed by atoms with Gasteiger partial charge in [-0.25, -0.2) is 8.78 Å². The molecule has 4 rings (SSSR count). The lowest BCUT2D eigenvalue weighted by Crippen LogP contribution is -2.69. The maximum atomic E-state index is 17.2. The smallest absolute Gasteiger partial charge is 0.303 e. The minimum atomic E-state index is -2.14. The van der Waals surface area contributed by atoms with Crippen LogP contribution in [0, 0.1) is 28.6 Å². The predicted molar refractivity (Wildman–Crippen MR) is 131 cm³/mol. The molecule has 9 atom stereocenters. The Hall–Kier alpha value is -1.47. The summed E-state index contributed by atoms with van der Waals surface area (Å²) in [6, 6.07) is 0. The summed E-state index contributed by atoms with van der Waals surface area (Å²) in [5.74, 6) is -2.56. The number of aliphatic hydroxyl groups is 3. The third kappa shape index (κ3) is 3.78. The summed E-state index contributed by atoms with van der Waals surface area (Å²) >= 11 is 3.37. The van der Waals surface area contributed by atoms with E-state index < -0.39 is 52.2 Å². The van der Waals surface area contributed by atoms with Gasteiger partial charge in [0.15, 0.2) is 5.67 Å². The highest BCUT2D eigenvalue weighted by Crippen LogP contribution is 2.71. The van der Waals surface area contributed by atoms with E-state index in [0.717, 1.165) is 0 Å². The summed E-state index contributed by atoms with van der Waals surface area (Å²) in [5, 5.41) is 42.7. The quantitative estimate of drug-likeness (QED) is 0.192. The number of hydrogen-bond acceptors (Lipinski definition) is 4. The van der Waals surface area contributed by atoms with Crippen molar-refractivity contribution in [3.05, 3.63) is 39.8 Å². The van der Waals surface area contributed by atoms with E-state index >= 15 is 8.78 Å². The lowest BCUT2D eigenvalue weighted by Gasteiger charge is -2.62. The van der Waals surface area contributed by atoms with Crippen molar-refractivity contribution in [2.24, 2.45) is 28.6 Å². The summed E-state index contributed by atoms with van der Waals surface area (Å²) in [6.45, 7) is 5.28. The molecule has 0 bridgehead atoms. The Kier molecular flexibility index (Phi) is 6.71. The molecule has 4 aliphatic rings. The van der Waals surface area contributed by atoms with Gasteiger partial charge in [0.2, 0.25) is 0 Å². The zero-order valence-electron chi connectivity index (χ0n) is 20.4. The molecule has 3 fully saturated rings. The van der Waals surface area contributed by atoms with E-state index in [1.165, 1.54) is 6.08 Å². The van der Waals surface area contributed by atoms with Gasteiger partial charge in [-0.05, 0) is 63.0 Å². The maximum Gasteiger partial charge on any atom is 0.303 e. The molecule has 35 heavy (non-hydrogen) atoms. The Morgan fingerprint density at radius 3 is 2.54 bits per heavy atom. The fourth-order valence-electron chi connectivity index (χ4n) is 7.74. The molecule has 8 heteroatoms. The van der Waals surface area contributed by atoms with Crippen molar-refractivity contribution in [1.29, 1.82) is 0 Å². The van der Waals surface area contributed by atoms with Gasteiger partial charge in [-0.15, -0.1) is 5.73 Å². The molecule has 4 N–H and O–H groups in total. The second-order valence-electron chi connectivity index (χ2n) is 11.5. The molecular weight excluding hydrogens is 522 g/mol. The summed E-state index contributed by atoms with van der Waals surface area (Å²) in [7, 11) is 0. The topological polar surface area (TPSA) is 98.0 Å². The Morgan fingerprint density at radius 2 is 1.89 bits per heavy atom. The number of carboxylic acid groups (broad SMARTS) is 1. The minimum Gasteiger partial charge on any atom is -0.513 e. The van der Waals surface area contributed by atoms with E-state index in [0.29, 0.717) is 23.7 Å². The van der Waals surface area contributed by atoms with Crippen LogP contribution in [-0.2, 0) is 4.79 Å². The SMILES string of the molecule is CC1C[C@H]2[C@@H]3CC(F)C4=C=CC(Br)=C[C@]4(C)[C@@]3(F)C(O)C[C@]2(C)[C@@]1(O)C=C(O)CCCCC(=O)O. The van der Waals surface area contributed by atoms with Crippen LogP contribution in [-0.4, -0.2) is 49.9 Å². The Bertz CT molecular complexity index is 1030.